The van der Waals surface area contributed by atoms with Gasteiger partial charge in [0, 0.05) is 30.1 Å². The molecule has 1 heterocycles. The Labute approximate surface area is 135 Å². The molecule has 1 saturated heterocycles. The average molecular weight is 365 g/mol. The standard InChI is InChI=1S/C13H17ClN2O4S2/c1-2-21(17,18)15-9-11-7-8-16(10-11)22(19,20)13-5-3-12(14)4-6-13/h2-6,11,15H,1,7-10H2/t11-/m1/s1. The summed E-state index contributed by atoms with van der Waals surface area (Å²) in [5.41, 5.74) is 0. The van der Waals surface area contributed by atoms with E-state index in [1.165, 1.54) is 28.6 Å². The first kappa shape index (κ1) is 17.4. The van der Waals surface area contributed by atoms with E-state index < -0.39 is 20.0 Å². The lowest BCUT2D eigenvalue weighted by molar-refractivity contribution is 0.455. The topological polar surface area (TPSA) is 83.6 Å². The molecule has 1 aliphatic rings. The van der Waals surface area contributed by atoms with Crippen molar-refractivity contribution in [3.63, 3.8) is 0 Å². The van der Waals surface area contributed by atoms with E-state index >= 15 is 0 Å². The maximum atomic E-state index is 12.5. The highest BCUT2D eigenvalue weighted by atomic mass is 35.5. The summed E-state index contributed by atoms with van der Waals surface area (Å²) in [6.07, 6.45) is 0.604. The third kappa shape index (κ3) is 4.08. The van der Waals surface area contributed by atoms with Crippen molar-refractivity contribution in [1.29, 1.82) is 0 Å². The molecule has 0 bridgehead atoms. The van der Waals surface area contributed by atoms with E-state index in [9.17, 15) is 16.8 Å². The lowest BCUT2D eigenvalue weighted by atomic mass is 10.1. The number of nitrogens with one attached hydrogen (secondary N) is 1. The van der Waals surface area contributed by atoms with Crippen LogP contribution in [0.15, 0.2) is 41.1 Å². The van der Waals surface area contributed by atoms with Gasteiger partial charge < -0.3 is 0 Å². The number of hydrogen-bond acceptors (Lipinski definition) is 4. The minimum Gasteiger partial charge on any atom is -0.211 e. The number of halogens is 1. The van der Waals surface area contributed by atoms with Crippen LogP contribution in [0.5, 0.6) is 0 Å². The lowest BCUT2D eigenvalue weighted by Gasteiger charge is -2.16. The average Bonchev–Trinajstić information content (AvgIpc) is 2.95. The molecule has 9 heteroatoms. The lowest BCUT2D eigenvalue weighted by Crippen LogP contribution is -2.32. The summed E-state index contributed by atoms with van der Waals surface area (Å²) in [6.45, 7) is 4.06. The van der Waals surface area contributed by atoms with Crippen LogP contribution in [0.3, 0.4) is 0 Å². The summed E-state index contributed by atoms with van der Waals surface area (Å²) in [5, 5.41) is 1.31. The second-order valence-corrected chi connectivity index (χ2v) is 9.12. The molecule has 0 spiro atoms. The molecular formula is C13H17ClN2O4S2. The summed E-state index contributed by atoms with van der Waals surface area (Å²) >= 11 is 5.76. The predicted octanol–water partition coefficient (Wildman–Crippen LogP) is 1.41. The largest absolute Gasteiger partial charge is 0.243 e. The van der Waals surface area contributed by atoms with Gasteiger partial charge in [-0.05, 0) is 36.6 Å². The van der Waals surface area contributed by atoms with E-state index in [0.29, 0.717) is 18.0 Å². The van der Waals surface area contributed by atoms with Crippen LogP contribution < -0.4 is 4.72 Å². The van der Waals surface area contributed by atoms with Crippen molar-refractivity contribution in [1.82, 2.24) is 9.03 Å². The summed E-state index contributed by atoms with van der Waals surface area (Å²) in [6, 6.07) is 5.98. The Morgan fingerprint density at radius 3 is 2.50 bits per heavy atom. The second kappa shape index (κ2) is 6.67. The van der Waals surface area contributed by atoms with Gasteiger partial charge in [0.15, 0.2) is 0 Å². The van der Waals surface area contributed by atoms with E-state index in [1.54, 1.807) is 0 Å². The maximum absolute atomic E-state index is 12.5. The summed E-state index contributed by atoms with van der Waals surface area (Å²) in [7, 11) is -7.06. The fourth-order valence-electron chi connectivity index (χ4n) is 2.23. The summed E-state index contributed by atoms with van der Waals surface area (Å²) < 4.78 is 51.3. The molecule has 0 radical (unpaired) electrons. The Balaban J connectivity index is 2.03. The highest BCUT2D eigenvalue weighted by molar-refractivity contribution is 7.92. The van der Waals surface area contributed by atoms with Gasteiger partial charge in [0.05, 0.1) is 4.90 Å². The van der Waals surface area contributed by atoms with Crippen LogP contribution in [-0.4, -0.2) is 40.8 Å². The fourth-order valence-corrected chi connectivity index (χ4v) is 4.47. The molecule has 1 aliphatic heterocycles. The molecule has 1 aromatic carbocycles. The Hall–Kier alpha value is -0.930. The van der Waals surface area contributed by atoms with Crippen LogP contribution in [0, 0.1) is 5.92 Å². The first-order chi connectivity index (χ1) is 10.2. The Kier molecular flexibility index (Phi) is 5.29. The van der Waals surface area contributed by atoms with Crippen molar-refractivity contribution in [2.75, 3.05) is 19.6 Å². The second-order valence-electron chi connectivity index (χ2n) is 5.03. The quantitative estimate of drug-likeness (QED) is 0.827. The van der Waals surface area contributed by atoms with Crippen molar-refractivity contribution in [3.05, 3.63) is 41.3 Å². The van der Waals surface area contributed by atoms with Gasteiger partial charge in [-0.25, -0.2) is 21.6 Å². The zero-order valence-electron chi connectivity index (χ0n) is 11.8. The number of nitrogens with zero attached hydrogens (tertiary/aromatic N) is 1. The van der Waals surface area contributed by atoms with Crippen LogP contribution in [0.2, 0.25) is 5.02 Å². The third-order valence-corrected chi connectivity index (χ3v) is 6.63. The Bertz CT molecular complexity index is 745. The van der Waals surface area contributed by atoms with Gasteiger partial charge in [-0.1, -0.05) is 18.2 Å². The molecule has 0 unspecified atom stereocenters. The van der Waals surface area contributed by atoms with Gasteiger partial charge in [-0.2, -0.15) is 4.31 Å². The van der Waals surface area contributed by atoms with Gasteiger partial charge in [-0.3, -0.25) is 0 Å². The maximum Gasteiger partial charge on any atom is 0.243 e. The predicted molar refractivity (Wildman–Crippen MR) is 85.4 cm³/mol. The van der Waals surface area contributed by atoms with E-state index in [2.05, 4.69) is 11.3 Å². The summed E-state index contributed by atoms with van der Waals surface area (Å²) in [4.78, 5) is 0.184. The zero-order valence-corrected chi connectivity index (χ0v) is 14.2. The van der Waals surface area contributed by atoms with E-state index in [1.807, 2.05) is 0 Å². The monoisotopic (exact) mass is 364 g/mol. The van der Waals surface area contributed by atoms with Gasteiger partial charge in [0.1, 0.15) is 0 Å². The van der Waals surface area contributed by atoms with Gasteiger partial charge >= 0.3 is 0 Å². The number of sulfonamides is 2. The van der Waals surface area contributed by atoms with Crippen molar-refractivity contribution in [3.8, 4) is 0 Å². The molecule has 22 heavy (non-hydrogen) atoms. The zero-order chi connectivity index (χ0) is 16.4. The van der Waals surface area contributed by atoms with E-state index in [0.717, 1.165) is 5.41 Å². The molecule has 1 aromatic rings. The SMILES string of the molecule is C=CS(=O)(=O)NC[C@H]1CCN(S(=O)(=O)c2ccc(Cl)cc2)C1. The van der Waals surface area contributed by atoms with Crippen LogP contribution in [0.25, 0.3) is 0 Å². The van der Waals surface area contributed by atoms with Gasteiger partial charge in [0.2, 0.25) is 20.0 Å². The molecule has 2 rings (SSSR count). The molecule has 122 valence electrons. The molecule has 0 amide bonds. The van der Waals surface area contributed by atoms with Gasteiger partial charge in [-0.15, -0.1) is 0 Å². The van der Waals surface area contributed by atoms with E-state index in [-0.39, 0.29) is 23.9 Å². The van der Waals surface area contributed by atoms with Crippen molar-refractivity contribution < 1.29 is 16.8 Å². The highest BCUT2D eigenvalue weighted by Gasteiger charge is 2.32. The number of hydrogen-bond donors (Lipinski definition) is 1. The van der Waals surface area contributed by atoms with Crippen molar-refractivity contribution >= 4 is 31.6 Å². The third-order valence-electron chi connectivity index (χ3n) is 3.49. The van der Waals surface area contributed by atoms with Crippen LogP contribution in [0.1, 0.15) is 6.42 Å². The molecule has 6 nitrogen and oxygen atoms in total. The molecule has 0 aliphatic carbocycles. The first-order valence-corrected chi connectivity index (χ1v) is 9.99. The Morgan fingerprint density at radius 2 is 1.91 bits per heavy atom. The summed E-state index contributed by atoms with van der Waals surface area (Å²) in [5.74, 6) is -0.0585. The molecule has 1 N–H and O–H groups in total. The normalized spacial score (nSPS) is 20.1. The minimum atomic E-state index is -3.57. The smallest absolute Gasteiger partial charge is 0.211 e. The van der Waals surface area contributed by atoms with E-state index in [4.69, 9.17) is 11.6 Å². The van der Waals surface area contributed by atoms with Crippen molar-refractivity contribution in [2.24, 2.45) is 5.92 Å². The number of rotatable bonds is 6. The Morgan fingerprint density at radius 1 is 1.27 bits per heavy atom. The number of benzene rings is 1. The molecule has 1 fully saturated rings. The first-order valence-electron chi connectivity index (χ1n) is 6.62. The van der Waals surface area contributed by atoms with Crippen LogP contribution in [-0.2, 0) is 20.0 Å². The van der Waals surface area contributed by atoms with Crippen molar-refractivity contribution in [2.45, 2.75) is 11.3 Å². The van der Waals surface area contributed by atoms with Crippen LogP contribution in [0.4, 0.5) is 0 Å². The molecular weight excluding hydrogens is 348 g/mol. The molecule has 0 saturated carbocycles. The minimum absolute atomic E-state index is 0.0585. The van der Waals surface area contributed by atoms with Crippen LogP contribution >= 0.6 is 11.6 Å². The molecule has 1 atom stereocenters. The van der Waals surface area contributed by atoms with Gasteiger partial charge in [0.25, 0.3) is 0 Å². The molecule has 0 aromatic heterocycles. The fraction of sp³-hybridized carbons (Fsp3) is 0.385. The highest BCUT2D eigenvalue weighted by Crippen LogP contribution is 2.25.